The van der Waals surface area contributed by atoms with Gasteiger partial charge in [-0.2, -0.15) is 0 Å². The summed E-state index contributed by atoms with van der Waals surface area (Å²) in [6.45, 7) is 3.14. The minimum absolute atomic E-state index is 0.287. The molecule has 0 aliphatic carbocycles. The van der Waals surface area contributed by atoms with E-state index in [1.165, 1.54) is 4.31 Å². The van der Waals surface area contributed by atoms with E-state index in [1.807, 2.05) is 49.4 Å². The SMILES string of the molecule is Cc1ccc(CN(c2cccc3c2NCC3)S(=O)(=O)c2ccccc2)cc1. The van der Waals surface area contributed by atoms with E-state index < -0.39 is 10.0 Å². The van der Waals surface area contributed by atoms with Crippen LogP contribution < -0.4 is 9.62 Å². The first-order chi connectivity index (χ1) is 13.1. The molecule has 0 radical (unpaired) electrons. The van der Waals surface area contributed by atoms with Gasteiger partial charge in [-0.25, -0.2) is 8.42 Å². The van der Waals surface area contributed by atoms with E-state index in [4.69, 9.17) is 0 Å². The van der Waals surface area contributed by atoms with Gasteiger partial charge in [-0.1, -0.05) is 60.2 Å². The van der Waals surface area contributed by atoms with Crippen LogP contribution in [-0.4, -0.2) is 15.0 Å². The van der Waals surface area contributed by atoms with Gasteiger partial charge >= 0.3 is 0 Å². The van der Waals surface area contributed by atoms with Crippen LogP contribution in [0, 0.1) is 6.92 Å². The molecule has 1 aliphatic heterocycles. The molecule has 4 nitrogen and oxygen atoms in total. The molecule has 0 amide bonds. The highest BCUT2D eigenvalue weighted by atomic mass is 32.2. The van der Waals surface area contributed by atoms with Crippen LogP contribution >= 0.6 is 0 Å². The normalized spacial score (nSPS) is 13.1. The van der Waals surface area contributed by atoms with Gasteiger partial charge in [-0.05, 0) is 42.7 Å². The second-order valence-corrected chi connectivity index (χ2v) is 8.66. The van der Waals surface area contributed by atoms with E-state index in [1.54, 1.807) is 24.3 Å². The van der Waals surface area contributed by atoms with Crippen molar-refractivity contribution in [1.29, 1.82) is 0 Å². The third kappa shape index (κ3) is 3.43. The van der Waals surface area contributed by atoms with E-state index in [0.29, 0.717) is 10.6 Å². The summed E-state index contributed by atoms with van der Waals surface area (Å²) in [5.74, 6) is 0. The molecule has 27 heavy (non-hydrogen) atoms. The van der Waals surface area contributed by atoms with E-state index in [2.05, 4.69) is 11.4 Å². The highest BCUT2D eigenvalue weighted by Crippen LogP contribution is 2.37. The number of hydrogen-bond acceptors (Lipinski definition) is 3. The maximum atomic E-state index is 13.5. The Morgan fingerprint density at radius 1 is 0.926 bits per heavy atom. The summed E-state index contributed by atoms with van der Waals surface area (Å²) in [6.07, 6.45) is 0.910. The smallest absolute Gasteiger partial charge is 0.264 e. The number of hydrogen-bond donors (Lipinski definition) is 1. The third-order valence-corrected chi connectivity index (χ3v) is 6.65. The zero-order valence-electron chi connectivity index (χ0n) is 15.2. The predicted molar refractivity (Wildman–Crippen MR) is 110 cm³/mol. The minimum atomic E-state index is -3.69. The Balaban J connectivity index is 1.83. The molecule has 3 aromatic rings. The van der Waals surface area contributed by atoms with Crippen molar-refractivity contribution in [3.05, 3.63) is 89.5 Å². The highest BCUT2D eigenvalue weighted by molar-refractivity contribution is 7.92. The van der Waals surface area contributed by atoms with Crippen LogP contribution in [0.4, 0.5) is 11.4 Å². The number of fused-ring (bicyclic) bond motifs is 1. The number of para-hydroxylation sites is 1. The molecule has 138 valence electrons. The highest BCUT2D eigenvalue weighted by Gasteiger charge is 2.28. The van der Waals surface area contributed by atoms with Crippen molar-refractivity contribution in [2.75, 3.05) is 16.2 Å². The van der Waals surface area contributed by atoms with Gasteiger partial charge in [-0.15, -0.1) is 0 Å². The van der Waals surface area contributed by atoms with Crippen molar-refractivity contribution in [3.63, 3.8) is 0 Å². The molecule has 1 heterocycles. The van der Waals surface area contributed by atoms with Crippen molar-refractivity contribution in [1.82, 2.24) is 0 Å². The number of nitrogens with zero attached hydrogens (tertiary/aromatic N) is 1. The van der Waals surface area contributed by atoms with Crippen LogP contribution in [0.25, 0.3) is 0 Å². The van der Waals surface area contributed by atoms with Crippen LogP contribution in [0.15, 0.2) is 77.7 Å². The molecule has 0 saturated carbocycles. The van der Waals surface area contributed by atoms with E-state index in [-0.39, 0.29) is 6.54 Å². The van der Waals surface area contributed by atoms with Gasteiger partial charge in [-0.3, -0.25) is 4.31 Å². The Bertz CT molecular complexity index is 1050. The number of anilines is 2. The molecule has 0 atom stereocenters. The molecule has 4 rings (SSSR count). The summed E-state index contributed by atoms with van der Waals surface area (Å²) < 4.78 is 28.5. The lowest BCUT2D eigenvalue weighted by molar-refractivity contribution is 0.590. The van der Waals surface area contributed by atoms with Crippen LogP contribution in [0.1, 0.15) is 16.7 Å². The number of aryl methyl sites for hydroxylation is 1. The quantitative estimate of drug-likeness (QED) is 0.718. The van der Waals surface area contributed by atoms with Gasteiger partial charge in [0.05, 0.1) is 22.8 Å². The average Bonchev–Trinajstić information content (AvgIpc) is 3.17. The van der Waals surface area contributed by atoms with Gasteiger partial charge in [0.1, 0.15) is 0 Å². The van der Waals surface area contributed by atoms with Gasteiger partial charge in [0.15, 0.2) is 0 Å². The van der Waals surface area contributed by atoms with E-state index in [0.717, 1.165) is 35.3 Å². The number of benzene rings is 3. The predicted octanol–water partition coefficient (Wildman–Crippen LogP) is 4.36. The van der Waals surface area contributed by atoms with Gasteiger partial charge < -0.3 is 5.32 Å². The zero-order valence-corrected chi connectivity index (χ0v) is 16.0. The average molecular weight is 378 g/mol. The number of nitrogens with one attached hydrogen (secondary N) is 1. The Hall–Kier alpha value is -2.79. The van der Waals surface area contributed by atoms with Crippen molar-refractivity contribution in [2.45, 2.75) is 24.8 Å². The minimum Gasteiger partial charge on any atom is -0.383 e. The summed E-state index contributed by atoms with van der Waals surface area (Å²) in [4.78, 5) is 0.299. The van der Waals surface area contributed by atoms with Crippen LogP contribution in [0.2, 0.25) is 0 Å². The number of rotatable bonds is 5. The lowest BCUT2D eigenvalue weighted by atomic mass is 10.1. The lowest BCUT2D eigenvalue weighted by Crippen LogP contribution is -2.31. The molecular weight excluding hydrogens is 356 g/mol. The van der Waals surface area contributed by atoms with Crippen LogP contribution in [0.3, 0.4) is 0 Å². The summed E-state index contributed by atoms with van der Waals surface area (Å²) >= 11 is 0. The molecule has 0 saturated heterocycles. The molecule has 0 bridgehead atoms. The molecular formula is C22H22N2O2S. The first kappa shape index (κ1) is 17.6. The first-order valence-corrected chi connectivity index (χ1v) is 10.5. The first-order valence-electron chi connectivity index (χ1n) is 9.05. The third-order valence-electron chi connectivity index (χ3n) is 4.87. The summed E-state index contributed by atoms with van der Waals surface area (Å²) in [5.41, 5.74) is 4.89. The fraction of sp³-hybridized carbons (Fsp3) is 0.182. The van der Waals surface area contributed by atoms with Gasteiger partial charge in [0.25, 0.3) is 10.0 Å². The van der Waals surface area contributed by atoms with E-state index in [9.17, 15) is 8.42 Å². The van der Waals surface area contributed by atoms with Crippen molar-refractivity contribution >= 4 is 21.4 Å². The van der Waals surface area contributed by atoms with E-state index >= 15 is 0 Å². The standard InChI is InChI=1S/C22H22N2O2S/c1-17-10-12-18(13-11-17)16-24(27(25,26)20-7-3-2-4-8-20)21-9-5-6-19-14-15-23-22(19)21/h2-13,23H,14-16H2,1H3. The molecule has 1 aliphatic rings. The molecule has 5 heteroatoms. The summed E-state index contributed by atoms with van der Waals surface area (Å²) in [6, 6.07) is 22.5. The monoisotopic (exact) mass is 378 g/mol. The maximum absolute atomic E-state index is 13.5. The van der Waals surface area contributed by atoms with Crippen molar-refractivity contribution in [2.24, 2.45) is 0 Å². The Labute approximate surface area is 160 Å². The van der Waals surface area contributed by atoms with Crippen molar-refractivity contribution < 1.29 is 8.42 Å². The summed E-state index contributed by atoms with van der Waals surface area (Å²) in [7, 11) is -3.69. The van der Waals surface area contributed by atoms with Crippen molar-refractivity contribution in [3.8, 4) is 0 Å². The Morgan fingerprint density at radius 2 is 1.67 bits per heavy atom. The lowest BCUT2D eigenvalue weighted by Gasteiger charge is -2.27. The molecule has 0 spiro atoms. The summed E-state index contributed by atoms with van der Waals surface area (Å²) in [5, 5.41) is 3.36. The molecule has 0 unspecified atom stereocenters. The molecule has 0 fully saturated rings. The van der Waals surface area contributed by atoms with Gasteiger partial charge in [0.2, 0.25) is 0 Å². The maximum Gasteiger partial charge on any atom is 0.264 e. The zero-order chi connectivity index (χ0) is 18.9. The Kier molecular flexibility index (Phi) is 4.62. The number of sulfonamides is 1. The molecule has 3 aromatic carbocycles. The topological polar surface area (TPSA) is 49.4 Å². The van der Waals surface area contributed by atoms with Gasteiger partial charge in [0, 0.05) is 6.54 Å². The fourth-order valence-electron chi connectivity index (χ4n) is 3.41. The second kappa shape index (κ2) is 7.08. The molecule has 0 aromatic heterocycles. The van der Waals surface area contributed by atoms with Crippen LogP contribution in [-0.2, 0) is 23.0 Å². The Morgan fingerprint density at radius 3 is 2.41 bits per heavy atom. The fourth-order valence-corrected chi connectivity index (χ4v) is 4.89. The van der Waals surface area contributed by atoms with Crippen LogP contribution in [0.5, 0.6) is 0 Å². The molecule has 1 N–H and O–H groups in total. The largest absolute Gasteiger partial charge is 0.383 e. The second-order valence-electron chi connectivity index (χ2n) is 6.80.